The molecule has 1 aliphatic heterocycles. The van der Waals surface area contributed by atoms with Gasteiger partial charge in [-0.2, -0.15) is 0 Å². The summed E-state index contributed by atoms with van der Waals surface area (Å²) in [6, 6.07) is 12.3. The van der Waals surface area contributed by atoms with Crippen LogP contribution in [0.3, 0.4) is 0 Å². The van der Waals surface area contributed by atoms with E-state index in [-0.39, 0.29) is 40.9 Å². The van der Waals surface area contributed by atoms with E-state index >= 15 is 0 Å². The zero-order valence-electron chi connectivity index (χ0n) is 19.1. The Kier molecular flexibility index (Phi) is 7.02. The Morgan fingerprint density at radius 2 is 2.06 bits per heavy atom. The zero-order valence-corrected chi connectivity index (χ0v) is 19.9. The number of aromatic amines is 1. The van der Waals surface area contributed by atoms with E-state index in [1.165, 1.54) is 23.5 Å². The van der Waals surface area contributed by atoms with Crippen LogP contribution in [0, 0.1) is 23.7 Å². The quantitative estimate of drug-likeness (QED) is 0.361. The van der Waals surface area contributed by atoms with Crippen molar-refractivity contribution < 1.29 is 9.53 Å². The molecular weight excluding hydrogens is 450 g/mol. The highest BCUT2D eigenvalue weighted by Gasteiger charge is 2.33. The Morgan fingerprint density at radius 3 is 2.76 bits per heavy atom. The summed E-state index contributed by atoms with van der Waals surface area (Å²) in [6.45, 7) is 4.35. The summed E-state index contributed by atoms with van der Waals surface area (Å²) in [4.78, 5) is 34.4. The van der Waals surface area contributed by atoms with Gasteiger partial charge in [-0.15, -0.1) is 11.3 Å². The normalized spacial score (nSPS) is 16.3. The predicted molar refractivity (Wildman–Crippen MR) is 132 cm³/mol. The van der Waals surface area contributed by atoms with E-state index < -0.39 is 5.56 Å². The van der Waals surface area contributed by atoms with Gasteiger partial charge in [-0.3, -0.25) is 20.4 Å². The van der Waals surface area contributed by atoms with Gasteiger partial charge in [0.2, 0.25) is 11.5 Å². The van der Waals surface area contributed by atoms with Crippen LogP contribution in [0.4, 0.5) is 0 Å². The lowest BCUT2D eigenvalue weighted by Gasteiger charge is -2.23. The molecule has 9 heteroatoms. The van der Waals surface area contributed by atoms with Crippen LogP contribution in [-0.2, 0) is 11.2 Å². The van der Waals surface area contributed by atoms with Crippen molar-refractivity contribution in [3.8, 4) is 0 Å². The molecule has 2 unspecified atom stereocenters. The van der Waals surface area contributed by atoms with Gasteiger partial charge in [0.05, 0.1) is 6.04 Å². The first kappa shape index (κ1) is 23.6. The molecule has 1 aliphatic rings. The van der Waals surface area contributed by atoms with Crippen molar-refractivity contribution in [2.45, 2.75) is 39.2 Å². The fourth-order valence-corrected chi connectivity index (χ4v) is 5.02. The van der Waals surface area contributed by atoms with Gasteiger partial charge in [-0.25, -0.2) is 4.98 Å². The Labute approximate surface area is 201 Å². The summed E-state index contributed by atoms with van der Waals surface area (Å²) in [5.74, 6) is -0.982. The van der Waals surface area contributed by atoms with Crippen molar-refractivity contribution in [1.29, 1.82) is 10.8 Å². The minimum atomic E-state index is -0.501. The number of benzene rings is 1. The average molecular weight is 478 g/mol. The van der Waals surface area contributed by atoms with Crippen LogP contribution >= 0.6 is 11.3 Å². The number of ether oxygens (including phenoxy) is 1. The number of aryl methyl sites for hydroxylation is 1. The molecule has 3 heterocycles. The fourth-order valence-electron chi connectivity index (χ4n) is 4.07. The molecule has 3 N–H and O–H groups in total. The van der Waals surface area contributed by atoms with E-state index in [2.05, 4.69) is 9.97 Å². The van der Waals surface area contributed by atoms with E-state index in [1.807, 2.05) is 49.6 Å². The SMILES string of the molecule is Cc1csc(C2CCCN2C(=O)c2cc(C(=N)OC(=N)C(C)Cc3ccccc3)[nH]c(=O)c2)n1. The molecule has 1 saturated heterocycles. The molecule has 2 atom stereocenters. The van der Waals surface area contributed by atoms with Gasteiger partial charge in [0.15, 0.2) is 5.90 Å². The first-order chi connectivity index (χ1) is 16.3. The number of hydrogen-bond acceptors (Lipinski definition) is 7. The highest BCUT2D eigenvalue weighted by Crippen LogP contribution is 2.34. The van der Waals surface area contributed by atoms with Crippen LogP contribution in [0.1, 0.15) is 58.1 Å². The van der Waals surface area contributed by atoms with Crippen LogP contribution in [-0.4, -0.2) is 39.1 Å². The van der Waals surface area contributed by atoms with Gasteiger partial charge in [0.1, 0.15) is 10.7 Å². The lowest BCUT2D eigenvalue weighted by Crippen LogP contribution is -2.32. The fraction of sp³-hybridized carbons (Fsp3) is 0.320. The molecule has 2 aromatic heterocycles. The predicted octanol–water partition coefficient (Wildman–Crippen LogP) is 4.32. The number of thiazole rings is 1. The molecule has 0 radical (unpaired) electrons. The van der Waals surface area contributed by atoms with Crippen molar-refractivity contribution in [3.05, 3.63) is 85.7 Å². The summed E-state index contributed by atoms with van der Waals surface area (Å²) >= 11 is 1.53. The third-order valence-corrected chi connectivity index (χ3v) is 6.88. The molecule has 0 spiro atoms. The van der Waals surface area contributed by atoms with Gasteiger partial charge < -0.3 is 14.6 Å². The van der Waals surface area contributed by atoms with Crippen molar-refractivity contribution in [3.63, 3.8) is 0 Å². The topological polar surface area (TPSA) is 123 Å². The number of aromatic nitrogens is 2. The van der Waals surface area contributed by atoms with Gasteiger partial charge in [0.25, 0.3) is 5.91 Å². The zero-order chi connectivity index (χ0) is 24.2. The largest absolute Gasteiger partial charge is 0.423 e. The molecule has 4 rings (SSSR count). The monoisotopic (exact) mass is 477 g/mol. The summed E-state index contributed by atoms with van der Waals surface area (Å²) in [6.07, 6.45) is 2.28. The number of nitrogens with zero attached hydrogens (tertiary/aromatic N) is 2. The second-order valence-electron chi connectivity index (χ2n) is 8.52. The van der Waals surface area contributed by atoms with E-state index in [9.17, 15) is 9.59 Å². The number of rotatable bonds is 6. The highest BCUT2D eigenvalue weighted by molar-refractivity contribution is 7.09. The molecule has 1 fully saturated rings. The molecule has 0 aliphatic carbocycles. The molecule has 1 amide bonds. The van der Waals surface area contributed by atoms with Crippen molar-refractivity contribution in [2.24, 2.45) is 5.92 Å². The van der Waals surface area contributed by atoms with E-state index in [0.717, 1.165) is 29.1 Å². The van der Waals surface area contributed by atoms with Crippen molar-refractivity contribution in [2.75, 3.05) is 6.54 Å². The molecule has 0 bridgehead atoms. The van der Waals surface area contributed by atoms with Crippen LogP contribution in [0.5, 0.6) is 0 Å². The minimum Gasteiger partial charge on any atom is -0.423 e. The summed E-state index contributed by atoms with van der Waals surface area (Å²) in [7, 11) is 0. The van der Waals surface area contributed by atoms with E-state index in [1.54, 1.807) is 4.90 Å². The molecular formula is C25H27N5O3S. The Morgan fingerprint density at radius 1 is 1.29 bits per heavy atom. The van der Waals surface area contributed by atoms with E-state index in [0.29, 0.717) is 13.0 Å². The highest BCUT2D eigenvalue weighted by atomic mass is 32.1. The number of likely N-dealkylation sites (tertiary alicyclic amines) is 1. The Balaban J connectivity index is 1.48. The molecule has 1 aromatic carbocycles. The maximum atomic E-state index is 13.3. The van der Waals surface area contributed by atoms with Crippen molar-refractivity contribution >= 4 is 29.0 Å². The number of pyridine rings is 1. The number of amides is 1. The second-order valence-corrected chi connectivity index (χ2v) is 9.41. The number of carbonyl (C=O) groups excluding carboxylic acids is 1. The van der Waals surface area contributed by atoms with Crippen LogP contribution in [0.15, 0.2) is 52.6 Å². The summed E-state index contributed by atoms with van der Waals surface area (Å²) < 4.78 is 5.44. The van der Waals surface area contributed by atoms with Gasteiger partial charge in [-0.1, -0.05) is 37.3 Å². The molecule has 0 saturated carbocycles. The number of H-pyrrole nitrogens is 1. The maximum Gasteiger partial charge on any atom is 0.254 e. The van der Waals surface area contributed by atoms with E-state index in [4.69, 9.17) is 15.6 Å². The molecule has 176 valence electrons. The third-order valence-electron chi connectivity index (χ3n) is 5.82. The molecule has 8 nitrogen and oxygen atoms in total. The average Bonchev–Trinajstić information content (AvgIpc) is 3.47. The Hall–Kier alpha value is -3.59. The van der Waals surface area contributed by atoms with Crippen LogP contribution in [0.2, 0.25) is 0 Å². The first-order valence-electron chi connectivity index (χ1n) is 11.2. The van der Waals surface area contributed by atoms with Crippen LogP contribution in [0.25, 0.3) is 0 Å². The number of nitrogens with one attached hydrogen (secondary N) is 3. The first-order valence-corrected chi connectivity index (χ1v) is 12.1. The molecule has 34 heavy (non-hydrogen) atoms. The summed E-state index contributed by atoms with van der Waals surface area (Å²) in [5, 5.41) is 19.4. The van der Waals surface area contributed by atoms with Gasteiger partial charge in [0, 0.05) is 35.2 Å². The lowest BCUT2D eigenvalue weighted by atomic mass is 10.0. The lowest BCUT2D eigenvalue weighted by molar-refractivity contribution is 0.0735. The summed E-state index contributed by atoms with van der Waals surface area (Å²) in [5.41, 5.74) is 1.74. The number of carbonyl (C=O) groups is 1. The second kappa shape index (κ2) is 10.1. The van der Waals surface area contributed by atoms with Crippen LogP contribution < -0.4 is 5.56 Å². The van der Waals surface area contributed by atoms with Gasteiger partial charge in [-0.05, 0) is 37.8 Å². The molecule has 3 aromatic rings. The minimum absolute atomic E-state index is 0.0633. The standard InChI is InChI=1S/C25H27N5O3S/c1-15(11-17-7-4-3-5-8-17)22(26)33-23(27)19-12-18(13-21(31)29-19)25(32)30-10-6-9-20(30)24-28-16(2)14-34-24/h3-5,7-8,12-15,20,26-27H,6,9-11H2,1-2H3,(H,29,31). The smallest absolute Gasteiger partial charge is 0.254 e. The Bertz CT molecular complexity index is 1270. The number of hydrogen-bond donors (Lipinski definition) is 3. The maximum absolute atomic E-state index is 13.3. The van der Waals surface area contributed by atoms with Crippen molar-refractivity contribution in [1.82, 2.24) is 14.9 Å². The van der Waals surface area contributed by atoms with Gasteiger partial charge >= 0.3 is 0 Å². The third kappa shape index (κ3) is 5.31.